The summed E-state index contributed by atoms with van der Waals surface area (Å²) < 4.78 is 5.23. The predicted molar refractivity (Wildman–Crippen MR) is 71.1 cm³/mol. The van der Waals surface area contributed by atoms with Crippen LogP contribution in [-0.2, 0) is 0 Å². The molecule has 0 saturated carbocycles. The highest BCUT2D eigenvalue weighted by Crippen LogP contribution is 2.27. The minimum atomic E-state index is 0.840. The van der Waals surface area contributed by atoms with Gasteiger partial charge in [0.15, 0.2) is 0 Å². The summed E-state index contributed by atoms with van der Waals surface area (Å²) in [5, 5.41) is 0. The van der Waals surface area contributed by atoms with Gasteiger partial charge in [-0.2, -0.15) is 0 Å². The fourth-order valence-electron chi connectivity index (χ4n) is 1.81. The van der Waals surface area contributed by atoms with E-state index in [1.165, 1.54) is 5.56 Å². The molecule has 0 aliphatic heterocycles. The summed E-state index contributed by atoms with van der Waals surface area (Å²) in [5.74, 6) is 3.56. The Balaban J connectivity index is 2.59. The van der Waals surface area contributed by atoms with Crippen LogP contribution >= 0.6 is 0 Å². The molecule has 2 aromatic rings. The first kappa shape index (κ1) is 11.3. The Morgan fingerprint density at radius 3 is 2.65 bits per heavy atom. The third-order valence-corrected chi connectivity index (χ3v) is 2.71. The molecule has 0 saturated heterocycles. The van der Waals surface area contributed by atoms with Crippen LogP contribution in [0.3, 0.4) is 0 Å². The quantitative estimate of drug-likeness (QED) is 0.705. The molecule has 2 aromatic carbocycles. The molecule has 1 nitrogen and oxygen atoms in total. The van der Waals surface area contributed by atoms with E-state index in [2.05, 4.69) is 18.9 Å². The Hall–Kier alpha value is -2.20. The number of terminal acetylenes is 1. The summed E-state index contributed by atoms with van der Waals surface area (Å²) in [6, 6.07) is 14.0. The second-order valence-corrected chi connectivity index (χ2v) is 3.93. The average molecular weight is 222 g/mol. The molecule has 0 spiro atoms. The van der Waals surface area contributed by atoms with Crippen molar-refractivity contribution < 1.29 is 4.74 Å². The summed E-state index contributed by atoms with van der Waals surface area (Å²) in [4.78, 5) is 0. The lowest BCUT2D eigenvalue weighted by atomic mass is 9.98. The van der Waals surface area contributed by atoms with Gasteiger partial charge in [-0.3, -0.25) is 0 Å². The number of hydrogen-bond acceptors (Lipinski definition) is 1. The Kier molecular flexibility index (Phi) is 3.16. The van der Waals surface area contributed by atoms with Gasteiger partial charge >= 0.3 is 0 Å². The smallest absolute Gasteiger partial charge is 0.119 e. The number of benzene rings is 2. The van der Waals surface area contributed by atoms with Crippen molar-refractivity contribution in [1.82, 2.24) is 0 Å². The van der Waals surface area contributed by atoms with Crippen LogP contribution < -0.4 is 4.74 Å². The molecule has 0 aliphatic carbocycles. The number of ether oxygens (including phenoxy) is 1. The van der Waals surface area contributed by atoms with Gasteiger partial charge in [-0.15, -0.1) is 6.42 Å². The predicted octanol–water partition coefficient (Wildman–Crippen LogP) is 3.65. The van der Waals surface area contributed by atoms with Crippen molar-refractivity contribution >= 4 is 0 Å². The van der Waals surface area contributed by atoms with Crippen molar-refractivity contribution in [2.45, 2.75) is 6.92 Å². The molecule has 0 radical (unpaired) electrons. The topological polar surface area (TPSA) is 9.23 Å². The van der Waals surface area contributed by atoms with Crippen LogP contribution in [0.15, 0.2) is 42.5 Å². The molecular formula is C16H14O. The summed E-state index contributed by atoms with van der Waals surface area (Å²) in [7, 11) is 1.66. The fourth-order valence-corrected chi connectivity index (χ4v) is 1.81. The van der Waals surface area contributed by atoms with Crippen molar-refractivity contribution in [1.29, 1.82) is 0 Å². The molecule has 0 heterocycles. The van der Waals surface area contributed by atoms with E-state index in [1.54, 1.807) is 7.11 Å². The summed E-state index contributed by atoms with van der Waals surface area (Å²) in [5.41, 5.74) is 4.26. The van der Waals surface area contributed by atoms with E-state index >= 15 is 0 Å². The largest absolute Gasteiger partial charge is 0.497 e. The maximum atomic E-state index is 5.53. The second-order valence-electron chi connectivity index (χ2n) is 3.93. The molecule has 0 N–H and O–H groups in total. The van der Waals surface area contributed by atoms with Gasteiger partial charge in [-0.25, -0.2) is 0 Å². The maximum absolute atomic E-state index is 5.53. The highest BCUT2D eigenvalue weighted by Gasteiger charge is 2.04. The minimum absolute atomic E-state index is 0.840. The van der Waals surface area contributed by atoms with E-state index in [4.69, 9.17) is 11.2 Å². The molecular weight excluding hydrogens is 208 g/mol. The third kappa shape index (κ3) is 2.32. The van der Waals surface area contributed by atoms with E-state index < -0.39 is 0 Å². The summed E-state index contributed by atoms with van der Waals surface area (Å²) >= 11 is 0. The zero-order valence-electron chi connectivity index (χ0n) is 10.0. The maximum Gasteiger partial charge on any atom is 0.119 e. The Bertz CT molecular complexity index is 576. The summed E-state index contributed by atoms with van der Waals surface area (Å²) in [6.07, 6.45) is 5.53. The van der Waals surface area contributed by atoms with Gasteiger partial charge in [-0.05, 0) is 36.2 Å². The van der Waals surface area contributed by atoms with Crippen molar-refractivity contribution in [2.24, 2.45) is 0 Å². The van der Waals surface area contributed by atoms with Gasteiger partial charge in [0.1, 0.15) is 5.75 Å². The van der Waals surface area contributed by atoms with Crippen molar-refractivity contribution in [3.05, 3.63) is 53.6 Å². The molecule has 17 heavy (non-hydrogen) atoms. The van der Waals surface area contributed by atoms with Crippen molar-refractivity contribution in [3.63, 3.8) is 0 Å². The van der Waals surface area contributed by atoms with E-state index in [0.29, 0.717) is 0 Å². The molecule has 1 heteroatoms. The normalized spacial score (nSPS) is 9.71. The van der Waals surface area contributed by atoms with Crippen LogP contribution in [0.2, 0.25) is 0 Å². The number of rotatable bonds is 2. The zero-order valence-corrected chi connectivity index (χ0v) is 10.0. The monoisotopic (exact) mass is 222 g/mol. The Morgan fingerprint density at radius 2 is 1.94 bits per heavy atom. The van der Waals surface area contributed by atoms with E-state index in [0.717, 1.165) is 22.4 Å². The lowest BCUT2D eigenvalue weighted by Crippen LogP contribution is -1.88. The molecule has 0 unspecified atom stereocenters. The standard InChI is InChI=1S/C16H14O/c1-4-13-9-8-12(2)10-16(13)14-6-5-7-15(11-14)17-3/h1,5-11H,2-3H3. The van der Waals surface area contributed by atoms with E-state index in [1.807, 2.05) is 36.4 Å². The van der Waals surface area contributed by atoms with Crippen LogP contribution in [0.4, 0.5) is 0 Å². The Morgan fingerprint density at radius 1 is 1.12 bits per heavy atom. The minimum Gasteiger partial charge on any atom is -0.497 e. The van der Waals surface area contributed by atoms with Gasteiger partial charge in [0.25, 0.3) is 0 Å². The van der Waals surface area contributed by atoms with Crippen molar-refractivity contribution in [2.75, 3.05) is 7.11 Å². The van der Waals surface area contributed by atoms with Gasteiger partial charge in [0.2, 0.25) is 0 Å². The van der Waals surface area contributed by atoms with Gasteiger partial charge < -0.3 is 4.74 Å². The lowest BCUT2D eigenvalue weighted by molar-refractivity contribution is 0.415. The third-order valence-electron chi connectivity index (χ3n) is 2.71. The lowest BCUT2D eigenvalue weighted by Gasteiger charge is -2.08. The van der Waals surface area contributed by atoms with Crippen LogP contribution in [0.25, 0.3) is 11.1 Å². The number of hydrogen-bond donors (Lipinski definition) is 0. The van der Waals surface area contributed by atoms with Gasteiger partial charge in [-0.1, -0.05) is 35.7 Å². The van der Waals surface area contributed by atoms with Gasteiger partial charge in [0.05, 0.1) is 7.11 Å². The molecule has 0 amide bonds. The molecule has 2 rings (SSSR count). The first-order valence-electron chi connectivity index (χ1n) is 5.46. The molecule has 0 aliphatic rings. The first-order chi connectivity index (χ1) is 8.24. The SMILES string of the molecule is C#Cc1ccc(C)cc1-c1cccc(OC)c1. The number of methoxy groups -OCH3 is 1. The highest BCUT2D eigenvalue weighted by molar-refractivity contribution is 5.72. The highest BCUT2D eigenvalue weighted by atomic mass is 16.5. The van der Waals surface area contributed by atoms with Crippen molar-refractivity contribution in [3.8, 4) is 29.2 Å². The van der Waals surface area contributed by atoms with E-state index in [-0.39, 0.29) is 0 Å². The molecule has 0 atom stereocenters. The van der Waals surface area contributed by atoms with Crippen LogP contribution in [0.1, 0.15) is 11.1 Å². The second kappa shape index (κ2) is 4.76. The van der Waals surface area contributed by atoms with E-state index in [9.17, 15) is 0 Å². The number of aryl methyl sites for hydroxylation is 1. The van der Waals surface area contributed by atoms with Crippen LogP contribution in [0.5, 0.6) is 5.75 Å². The molecule has 0 fully saturated rings. The molecule has 0 bridgehead atoms. The van der Waals surface area contributed by atoms with Gasteiger partial charge in [0, 0.05) is 5.56 Å². The molecule has 84 valence electrons. The van der Waals surface area contributed by atoms with Crippen LogP contribution in [0, 0.1) is 19.3 Å². The van der Waals surface area contributed by atoms with Crippen LogP contribution in [-0.4, -0.2) is 7.11 Å². The Labute approximate surface area is 102 Å². The summed E-state index contributed by atoms with van der Waals surface area (Å²) in [6.45, 7) is 2.06. The average Bonchev–Trinajstić information content (AvgIpc) is 2.39. The first-order valence-corrected chi connectivity index (χ1v) is 5.46. The fraction of sp³-hybridized carbons (Fsp3) is 0.125. The zero-order chi connectivity index (χ0) is 12.3. The molecule has 0 aromatic heterocycles.